The van der Waals surface area contributed by atoms with Gasteiger partial charge in [-0.25, -0.2) is 4.98 Å². The molecular formula is C23H21N3O3S. The maximum absolute atomic E-state index is 12.7. The monoisotopic (exact) mass is 419 g/mol. The molecule has 2 aromatic heterocycles. The molecule has 7 heteroatoms. The number of nitrogens with zero attached hydrogens (tertiary/aromatic N) is 2. The van der Waals surface area contributed by atoms with Gasteiger partial charge in [-0.1, -0.05) is 25.0 Å². The molecule has 1 amide bonds. The van der Waals surface area contributed by atoms with Gasteiger partial charge < -0.3 is 9.73 Å². The summed E-state index contributed by atoms with van der Waals surface area (Å²) in [5.41, 5.74) is 1.63. The molecule has 0 unspecified atom stereocenters. The number of thioether (sulfide) groups is 1. The first-order valence-electron chi connectivity index (χ1n) is 10.1. The first-order valence-corrected chi connectivity index (χ1v) is 11.0. The van der Waals surface area contributed by atoms with Crippen molar-refractivity contribution < 1.29 is 9.21 Å². The van der Waals surface area contributed by atoms with Crippen molar-refractivity contribution in [1.82, 2.24) is 9.55 Å². The van der Waals surface area contributed by atoms with Gasteiger partial charge in [-0.05, 0) is 49.2 Å². The molecule has 1 N–H and O–H groups in total. The normalized spacial score (nSPS) is 14.5. The number of carbonyl (C=O) groups is 1. The van der Waals surface area contributed by atoms with Crippen LogP contribution in [0.5, 0.6) is 0 Å². The molecule has 1 saturated carbocycles. The second-order valence-electron chi connectivity index (χ2n) is 7.55. The number of amides is 1. The number of furan rings is 1. The van der Waals surface area contributed by atoms with Crippen LogP contribution in [0.1, 0.15) is 25.7 Å². The summed E-state index contributed by atoms with van der Waals surface area (Å²) in [6.45, 7) is -0.128. The molecule has 4 aromatic rings. The number of carbonyl (C=O) groups excluding carboxylic acids is 1. The lowest BCUT2D eigenvalue weighted by Crippen LogP contribution is -2.27. The molecule has 30 heavy (non-hydrogen) atoms. The SMILES string of the molecule is O=C(Cn1cnc2c(oc3ccccc32)c1=O)Nc1ccc(SC2CCCC2)cc1. The average molecular weight is 420 g/mol. The molecule has 1 fully saturated rings. The quantitative estimate of drug-likeness (QED) is 0.502. The highest BCUT2D eigenvalue weighted by Crippen LogP contribution is 2.35. The van der Waals surface area contributed by atoms with Crippen molar-refractivity contribution in [3.8, 4) is 0 Å². The number of hydrogen-bond donors (Lipinski definition) is 1. The second kappa shape index (κ2) is 7.99. The van der Waals surface area contributed by atoms with E-state index in [2.05, 4.69) is 10.3 Å². The smallest absolute Gasteiger partial charge is 0.297 e. The lowest BCUT2D eigenvalue weighted by Gasteiger charge is -2.10. The number of hydrogen-bond acceptors (Lipinski definition) is 5. The summed E-state index contributed by atoms with van der Waals surface area (Å²) in [5.74, 6) is -0.287. The van der Waals surface area contributed by atoms with Crippen LogP contribution in [-0.4, -0.2) is 20.7 Å². The predicted octanol–water partition coefficient (Wildman–Crippen LogP) is 4.82. The molecule has 0 spiro atoms. The highest BCUT2D eigenvalue weighted by atomic mass is 32.2. The zero-order valence-corrected chi connectivity index (χ0v) is 17.2. The van der Waals surface area contributed by atoms with Crippen molar-refractivity contribution in [3.63, 3.8) is 0 Å². The summed E-state index contributed by atoms with van der Waals surface area (Å²) < 4.78 is 6.93. The van der Waals surface area contributed by atoms with Crippen molar-refractivity contribution in [2.45, 2.75) is 42.4 Å². The minimum absolute atomic E-state index is 0.128. The molecule has 6 nitrogen and oxygen atoms in total. The Balaban J connectivity index is 1.29. The number of para-hydroxylation sites is 1. The Morgan fingerprint density at radius 1 is 1.13 bits per heavy atom. The Bertz CT molecular complexity index is 1270. The van der Waals surface area contributed by atoms with Gasteiger partial charge in [0, 0.05) is 21.2 Å². The van der Waals surface area contributed by atoms with Gasteiger partial charge >= 0.3 is 0 Å². The number of anilines is 1. The van der Waals surface area contributed by atoms with Gasteiger partial charge in [0.05, 0.1) is 6.33 Å². The van der Waals surface area contributed by atoms with Crippen LogP contribution >= 0.6 is 11.8 Å². The van der Waals surface area contributed by atoms with Gasteiger partial charge in [-0.15, -0.1) is 11.8 Å². The fourth-order valence-electron chi connectivity index (χ4n) is 3.90. The van der Waals surface area contributed by atoms with Gasteiger partial charge in [0.1, 0.15) is 17.6 Å². The molecule has 0 atom stereocenters. The second-order valence-corrected chi connectivity index (χ2v) is 8.92. The lowest BCUT2D eigenvalue weighted by molar-refractivity contribution is -0.116. The van der Waals surface area contributed by atoms with E-state index in [1.165, 1.54) is 41.5 Å². The van der Waals surface area contributed by atoms with Crippen molar-refractivity contribution in [2.24, 2.45) is 0 Å². The Kier molecular flexibility index (Phi) is 5.04. The third kappa shape index (κ3) is 3.73. The summed E-state index contributed by atoms with van der Waals surface area (Å²) in [5, 5.41) is 4.34. The molecular weight excluding hydrogens is 398 g/mol. The molecule has 0 saturated heterocycles. The molecule has 5 rings (SSSR count). The van der Waals surface area contributed by atoms with E-state index in [9.17, 15) is 9.59 Å². The number of nitrogens with one attached hydrogen (secondary N) is 1. The summed E-state index contributed by atoms with van der Waals surface area (Å²) in [6, 6.07) is 15.2. The minimum Gasteiger partial charge on any atom is -0.448 e. The Hall–Kier alpha value is -3.06. The number of aromatic nitrogens is 2. The Morgan fingerprint density at radius 2 is 1.90 bits per heavy atom. The molecule has 0 aliphatic heterocycles. The van der Waals surface area contributed by atoms with Crippen LogP contribution < -0.4 is 10.9 Å². The zero-order valence-electron chi connectivity index (χ0n) is 16.3. The van der Waals surface area contributed by atoms with Crippen molar-refractivity contribution >= 4 is 45.4 Å². The molecule has 152 valence electrons. The van der Waals surface area contributed by atoms with E-state index in [1.54, 1.807) is 6.07 Å². The van der Waals surface area contributed by atoms with Gasteiger partial charge in [0.25, 0.3) is 5.56 Å². The lowest BCUT2D eigenvalue weighted by atomic mass is 10.2. The fraction of sp³-hybridized carbons (Fsp3) is 0.261. The zero-order chi connectivity index (χ0) is 20.5. The van der Waals surface area contributed by atoms with Crippen LogP contribution in [0.3, 0.4) is 0 Å². The summed E-state index contributed by atoms with van der Waals surface area (Å²) in [4.78, 5) is 30.8. The Labute approximate surface area is 177 Å². The van der Waals surface area contributed by atoms with Crippen molar-refractivity contribution in [1.29, 1.82) is 0 Å². The number of benzene rings is 2. The molecule has 1 aliphatic carbocycles. The van der Waals surface area contributed by atoms with E-state index >= 15 is 0 Å². The van der Waals surface area contributed by atoms with E-state index in [1.807, 2.05) is 54.2 Å². The highest BCUT2D eigenvalue weighted by molar-refractivity contribution is 8.00. The highest BCUT2D eigenvalue weighted by Gasteiger charge is 2.17. The van der Waals surface area contributed by atoms with Crippen LogP contribution in [-0.2, 0) is 11.3 Å². The van der Waals surface area contributed by atoms with E-state index in [4.69, 9.17) is 4.42 Å². The van der Waals surface area contributed by atoms with E-state index < -0.39 is 0 Å². The number of fused-ring (bicyclic) bond motifs is 3. The van der Waals surface area contributed by atoms with Gasteiger partial charge in [0.2, 0.25) is 11.5 Å². The van der Waals surface area contributed by atoms with Crippen LogP contribution in [0, 0.1) is 0 Å². The third-order valence-electron chi connectivity index (χ3n) is 5.41. The van der Waals surface area contributed by atoms with Gasteiger partial charge in [-0.2, -0.15) is 0 Å². The molecule has 1 aliphatic rings. The van der Waals surface area contributed by atoms with Gasteiger partial charge in [-0.3, -0.25) is 14.2 Å². The summed E-state index contributed by atoms with van der Waals surface area (Å²) in [7, 11) is 0. The standard InChI is InChI=1S/C23H21N3O3S/c27-20(25-15-9-11-17(12-10-15)30-16-5-1-2-6-16)13-26-14-24-21-18-7-3-4-8-19(18)29-22(21)23(26)28/h3-4,7-12,14,16H,1-2,5-6,13H2,(H,25,27). The topological polar surface area (TPSA) is 77.1 Å². The fourth-order valence-corrected chi connectivity index (χ4v) is 5.15. The average Bonchev–Trinajstić information content (AvgIpc) is 3.39. The van der Waals surface area contributed by atoms with Crippen LogP contribution in [0.2, 0.25) is 0 Å². The number of rotatable bonds is 5. The first kappa shape index (κ1) is 18.9. The van der Waals surface area contributed by atoms with E-state index in [-0.39, 0.29) is 23.6 Å². The molecule has 2 heterocycles. The third-order valence-corrected chi connectivity index (χ3v) is 6.76. The first-order chi connectivity index (χ1) is 14.7. The molecule has 0 bridgehead atoms. The van der Waals surface area contributed by atoms with Gasteiger partial charge in [0.15, 0.2) is 0 Å². The van der Waals surface area contributed by atoms with Crippen molar-refractivity contribution in [2.75, 3.05) is 5.32 Å². The largest absolute Gasteiger partial charge is 0.448 e. The summed E-state index contributed by atoms with van der Waals surface area (Å²) >= 11 is 1.91. The Morgan fingerprint density at radius 3 is 2.70 bits per heavy atom. The maximum atomic E-state index is 12.7. The molecule has 0 radical (unpaired) electrons. The maximum Gasteiger partial charge on any atom is 0.297 e. The molecule has 2 aromatic carbocycles. The van der Waals surface area contributed by atoms with Crippen molar-refractivity contribution in [3.05, 3.63) is 65.2 Å². The minimum atomic E-state index is -0.366. The summed E-state index contributed by atoms with van der Waals surface area (Å²) in [6.07, 6.45) is 6.59. The van der Waals surface area contributed by atoms with Crippen LogP contribution in [0.15, 0.2) is 69.0 Å². The van der Waals surface area contributed by atoms with Crippen LogP contribution in [0.4, 0.5) is 5.69 Å². The van der Waals surface area contributed by atoms with E-state index in [0.29, 0.717) is 22.0 Å². The van der Waals surface area contributed by atoms with Crippen LogP contribution in [0.25, 0.3) is 22.1 Å². The predicted molar refractivity (Wildman–Crippen MR) is 119 cm³/mol. The van der Waals surface area contributed by atoms with E-state index in [0.717, 1.165) is 5.39 Å².